The third-order valence-electron chi connectivity index (χ3n) is 3.66. The van der Waals surface area contributed by atoms with E-state index in [9.17, 15) is 0 Å². The van der Waals surface area contributed by atoms with Crippen LogP contribution in [0.25, 0.3) is 0 Å². The summed E-state index contributed by atoms with van der Waals surface area (Å²) in [6.45, 7) is 7.82. The minimum atomic E-state index is 0.811. The SMILES string of the molecule is Cc1ccc(Cc2nc(N3CCOCC3)sc2C)cc1. The molecule has 1 aliphatic rings. The van der Waals surface area contributed by atoms with Crippen molar-refractivity contribution >= 4 is 16.5 Å². The van der Waals surface area contributed by atoms with E-state index in [1.54, 1.807) is 11.3 Å². The smallest absolute Gasteiger partial charge is 0.185 e. The Morgan fingerprint density at radius 2 is 1.85 bits per heavy atom. The van der Waals surface area contributed by atoms with Crippen LogP contribution < -0.4 is 4.90 Å². The molecule has 1 fully saturated rings. The van der Waals surface area contributed by atoms with Crippen molar-refractivity contribution in [1.29, 1.82) is 0 Å². The van der Waals surface area contributed by atoms with Gasteiger partial charge in [-0.2, -0.15) is 0 Å². The monoisotopic (exact) mass is 288 g/mol. The molecule has 0 amide bonds. The number of aromatic nitrogens is 1. The molecule has 106 valence electrons. The summed E-state index contributed by atoms with van der Waals surface area (Å²) in [4.78, 5) is 8.50. The van der Waals surface area contributed by atoms with Crippen LogP contribution in [0, 0.1) is 13.8 Å². The van der Waals surface area contributed by atoms with Gasteiger partial charge >= 0.3 is 0 Å². The molecule has 1 saturated heterocycles. The number of nitrogens with zero attached hydrogens (tertiary/aromatic N) is 2. The van der Waals surface area contributed by atoms with E-state index in [2.05, 4.69) is 43.0 Å². The molecule has 0 spiro atoms. The summed E-state index contributed by atoms with van der Waals surface area (Å²) < 4.78 is 5.40. The van der Waals surface area contributed by atoms with Gasteiger partial charge in [0, 0.05) is 24.4 Å². The molecular formula is C16H20N2OS. The van der Waals surface area contributed by atoms with E-state index >= 15 is 0 Å². The van der Waals surface area contributed by atoms with E-state index in [0.717, 1.165) is 37.9 Å². The zero-order valence-corrected chi connectivity index (χ0v) is 12.9. The van der Waals surface area contributed by atoms with Gasteiger partial charge in [0.25, 0.3) is 0 Å². The van der Waals surface area contributed by atoms with Gasteiger partial charge in [-0.1, -0.05) is 29.8 Å². The molecule has 4 heteroatoms. The number of benzene rings is 1. The number of thiazole rings is 1. The highest BCUT2D eigenvalue weighted by molar-refractivity contribution is 7.15. The average molecular weight is 288 g/mol. The lowest BCUT2D eigenvalue weighted by atomic mass is 10.1. The molecule has 0 atom stereocenters. The Bertz CT molecular complexity index is 571. The van der Waals surface area contributed by atoms with E-state index < -0.39 is 0 Å². The van der Waals surface area contributed by atoms with Crippen LogP contribution in [0.4, 0.5) is 5.13 Å². The fourth-order valence-electron chi connectivity index (χ4n) is 2.37. The maximum absolute atomic E-state index is 5.40. The van der Waals surface area contributed by atoms with Gasteiger partial charge < -0.3 is 9.64 Å². The van der Waals surface area contributed by atoms with Crippen molar-refractivity contribution in [2.75, 3.05) is 31.2 Å². The zero-order chi connectivity index (χ0) is 13.9. The maximum atomic E-state index is 5.40. The maximum Gasteiger partial charge on any atom is 0.185 e. The van der Waals surface area contributed by atoms with Crippen molar-refractivity contribution in [1.82, 2.24) is 4.98 Å². The van der Waals surface area contributed by atoms with Crippen LogP contribution in [0.1, 0.15) is 21.7 Å². The molecule has 0 bridgehead atoms. The molecule has 1 aliphatic heterocycles. The number of anilines is 1. The highest BCUT2D eigenvalue weighted by Gasteiger charge is 2.16. The first-order valence-electron chi connectivity index (χ1n) is 7.07. The number of rotatable bonds is 3. The molecule has 3 rings (SSSR count). The third-order valence-corrected chi connectivity index (χ3v) is 4.73. The Morgan fingerprint density at radius 1 is 1.15 bits per heavy atom. The number of hydrogen-bond acceptors (Lipinski definition) is 4. The third kappa shape index (κ3) is 3.02. The number of morpholine rings is 1. The fraction of sp³-hybridized carbons (Fsp3) is 0.438. The van der Waals surface area contributed by atoms with Gasteiger partial charge in [-0.15, -0.1) is 11.3 Å². The topological polar surface area (TPSA) is 25.4 Å². The molecule has 2 heterocycles. The lowest BCUT2D eigenvalue weighted by molar-refractivity contribution is 0.122. The molecule has 0 unspecified atom stereocenters. The second-order valence-electron chi connectivity index (χ2n) is 5.26. The van der Waals surface area contributed by atoms with Gasteiger partial charge in [-0.25, -0.2) is 4.98 Å². The molecule has 1 aromatic carbocycles. The van der Waals surface area contributed by atoms with Crippen molar-refractivity contribution < 1.29 is 4.74 Å². The van der Waals surface area contributed by atoms with Crippen molar-refractivity contribution in [2.24, 2.45) is 0 Å². The first-order chi connectivity index (χ1) is 9.72. The first kappa shape index (κ1) is 13.6. The quantitative estimate of drug-likeness (QED) is 0.867. The van der Waals surface area contributed by atoms with Gasteiger partial charge in [-0.05, 0) is 19.4 Å². The van der Waals surface area contributed by atoms with Gasteiger partial charge in [0.1, 0.15) is 0 Å². The Balaban J connectivity index is 1.76. The van der Waals surface area contributed by atoms with Crippen molar-refractivity contribution in [3.05, 3.63) is 46.0 Å². The van der Waals surface area contributed by atoms with Crippen LogP contribution in [0.3, 0.4) is 0 Å². The van der Waals surface area contributed by atoms with E-state index in [4.69, 9.17) is 9.72 Å². The molecular weight excluding hydrogens is 268 g/mol. The Labute approximate surface area is 124 Å². The normalized spacial score (nSPS) is 15.6. The summed E-state index contributed by atoms with van der Waals surface area (Å²) in [6.07, 6.45) is 0.924. The summed E-state index contributed by atoms with van der Waals surface area (Å²) in [5.41, 5.74) is 3.84. The second kappa shape index (κ2) is 5.94. The van der Waals surface area contributed by atoms with E-state index in [1.165, 1.54) is 21.7 Å². The molecule has 2 aromatic rings. The summed E-state index contributed by atoms with van der Waals surface area (Å²) in [5.74, 6) is 0. The molecule has 0 N–H and O–H groups in total. The predicted molar refractivity (Wildman–Crippen MR) is 83.9 cm³/mol. The van der Waals surface area contributed by atoms with Gasteiger partial charge in [0.2, 0.25) is 0 Å². The lowest BCUT2D eigenvalue weighted by Gasteiger charge is -2.26. The molecule has 1 aromatic heterocycles. The van der Waals surface area contributed by atoms with Crippen LogP contribution >= 0.6 is 11.3 Å². The van der Waals surface area contributed by atoms with E-state index in [-0.39, 0.29) is 0 Å². The standard InChI is InChI=1S/C16H20N2OS/c1-12-3-5-14(6-4-12)11-15-13(2)20-16(17-15)18-7-9-19-10-8-18/h3-6H,7-11H2,1-2H3. The number of hydrogen-bond donors (Lipinski definition) is 0. The van der Waals surface area contributed by atoms with Crippen LogP contribution in [-0.2, 0) is 11.2 Å². The minimum absolute atomic E-state index is 0.811. The first-order valence-corrected chi connectivity index (χ1v) is 7.88. The predicted octanol–water partition coefficient (Wildman–Crippen LogP) is 3.19. The number of aryl methyl sites for hydroxylation is 2. The van der Waals surface area contributed by atoms with Gasteiger partial charge in [-0.3, -0.25) is 0 Å². The minimum Gasteiger partial charge on any atom is -0.378 e. The summed E-state index contributed by atoms with van der Waals surface area (Å²) in [6, 6.07) is 8.73. The highest BCUT2D eigenvalue weighted by atomic mass is 32.1. The molecule has 0 saturated carbocycles. The van der Waals surface area contributed by atoms with E-state index in [0.29, 0.717) is 0 Å². The number of ether oxygens (including phenoxy) is 1. The molecule has 20 heavy (non-hydrogen) atoms. The van der Waals surface area contributed by atoms with Crippen molar-refractivity contribution in [2.45, 2.75) is 20.3 Å². The summed E-state index contributed by atoms with van der Waals surface area (Å²) in [7, 11) is 0. The molecule has 0 radical (unpaired) electrons. The van der Waals surface area contributed by atoms with Gasteiger partial charge in [0.15, 0.2) is 5.13 Å². The van der Waals surface area contributed by atoms with Crippen LogP contribution in [0.2, 0.25) is 0 Å². The van der Waals surface area contributed by atoms with Crippen molar-refractivity contribution in [3.8, 4) is 0 Å². The van der Waals surface area contributed by atoms with Crippen LogP contribution in [-0.4, -0.2) is 31.3 Å². The Kier molecular flexibility index (Phi) is 4.03. The average Bonchev–Trinajstić information content (AvgIpc) is 2.84. The highest BCUT2D eigenvalue weighted by Crippen LogP contribution is 2.27. The molecule has 0 aliphatic carbocycles. The fourth-order valence-corrected chi connectivity index (χ4v) is 3.34. The lowest BCUT2D eigenvalue weighted by Crippen LogP contribution is -2.36. The zero-order valence-electron chi connectivity index (χ0n) is 12.1. The summed E-state index contributed by atoms with van der Waals surface area (Å²) >= 11 is 1.80. The van der Waals surface area contributed by atoms with Crippen LogP contribution in [0.5, 0.6) is 0 Å². The second-order valence-corrected chi connectivity index (χ2v) is 6.44. The Hall–Kier alpha value is -1.39. The van der Waals surface area contributed by atoms with E-state index in [1.807, 2.05) is 0 Å². The van der Waals surface area contributed by atoms with Crippen molar-refractivity contribution in [3.63, 3.8) is 0 Å². The Morgan fingerprint density at radius 3 is 2.55 bits per heavy atom. The molecule has 3 nitrogen and oxygen atoms in total. The largest absolute Gasteiger partial charge is 0.378 e. The van der Waals surface area contributed by atoms with Gasteiger partial charge in [0.05, 0.1) is 18.9 Å². The summed E-state index contributed by atoms with van der Waals surface area (Å²) in [5, 5.41) is 1.15. The van der Waals surface area contributed by atoms with Crippen LogP contribution in [0.15, 0.2) is 24.3 Å².